The van der Waals surface area contributed by atoms with E-state index >= 15 is 0 Å². The van der Waals surface area contributed by atoms with Crippen LogP contribution >= 0.6 is 24.0 Å². The molecule has 1 atom stereocenters. The van der Waals surface area contributed by atoms with Crippen molar-refractivity contribution in [1.29, 1.82) is 0 Å². The fraction of sp³-hybridized carbons (Fsp3) is 0.316. The molecule has 1 amide bonds. The van der Waals surface area contributed by atoms with E-state index in [4.69, 9.17) is 11.6 Å². The molecule has 1 saturated heterocycles. The zero-order chi connectivity index (χ0) is 19.4. The Morgan fingerprint density at radius 2 is 2.11 bits per heavy atom. The molecule has 3 rings (SSSR count). The van der Waals surface area contributed by atoms with Gasteiger partial charge in [0.1, 0.15) is 5.69 Å². The molecule has 9 heteroatoms. The zero-order valence-corrected chi connectivity index (χ0v) is 16.9. The lowest BCUT2D eigenvalue weighted by molar-refractivity contribution is -0.384. The topological polar surface area (TPSA) is 87.5 Å². The Bertz CT molecular complexity index is 863. The highest BCUT2D eigenvalue weighted by Gasteiger charge is 2.26. The highest BCUT2D eigenvalue weighted by Crippen LogP contribution is 2.28. The number of nitro benzene ring substituents is 1. The van der Waals surface area contributed by atoms with Gasteiger partial charge in [0.15, 0.2) is 0 Å². The van der Waals surface area contributed by atoms with Crippen LogP contribution in [0.5, 0.6) is 0 Å². The summed E-state index contributed by atoms with van der Waals surface area (Å²) in [5.74, 6) is -0.190. The van der Waals surface area contributed by atoms with Crippen molar-refractivity contribution < 1.29 is 9.72 Å². The summed E-state index contributed by atoms with van der Waals surface area (Å²) in [4.78, 5) is 25.5. The van der Waals surface area contributed by atoms with Crippen LogP contribution in [0.15, 0.2) is 42.5 Å². The van der Waals surface area contributed by atoms with Crippen LogP contribution in [0, 0.1) is 10.1 Å². The number of carbonyl (C=O) groups excluding carboxylic acids is 1. The van der Waals surface area contributed by atoms with Crippen molar-refractivity contribution in [2.75, 3.05) is 25.0 Å². The maximum atomic E-state index is 12.8. The lowest BCUT2D eigenvalue weighted by Crippen LogP contribution is -2.52. The van der Waals surface area contributed by atoms with Crippen LogP contribution in [-0.2, 0) is 6.54 Å². The molecule has 1 aliphatic rings. The first-order valence-corrected chi connectivity index (χ1v) is 9.12. The fourth-order valence-electron chi connectivity index (χ4n) is 3.11. The number of rotatable bonds is 5. The number of nitrogens with zero attached hydrogens (tertiary/aromatic N) is 2. The molecule has 2 N–H and O–H groups in total. The smallest absolute Gasteiger partial charge is 0.293 e. The normalized spacial score (nSPS) is 16.2. The summed E-state index contributed by atoms with van der Waals surface area (Å²) < 4.78 is 0. The molecule has 0 saturated carbocycles. The molecule has 150 valence electrons. The standard InChI is InChI=1S/C19H21ClN4O3.ClH/c1-13-11-21-8-9-23(13)19(25)14-6-7-17(18(10-14)24(26)27)22-12-15-4-2-3-5-16(15)20;/h2-7,10,13,21-22H,8-9,11-12H2,1H3;1H/t13-;/m1./s1. The first-order chi connectivity index (χ1) is 13.0. The SMILES string of the molecule is C[C@@H]1CNCCN1C(=O)c1ccc(NCc2ccccc2Cl)c([N+](=O)[O-])c1.Cl. The largest absolute Gasteiger partial charge is 0.375 e. The molecule has 0 aromatic heterocycles. The van der Waals surface area contributed by atoms with Gasteiger partial charge in [0.2, 0.25) is 0 Å². The third-order valence-corrected chi connectivity index (χ3v) is 5.00. The molecule has 28 heavy (non-hydrogen) atoms. The van der Waals surface area contributed by atoms with Crippen LogP contribution in [0.3, 0.4) is 0 Å². The van der Waals surface area contributed by atoms with Gasteiger partial charge in [0, 0.05) is 48.9 Å². The van der Waals surface area contributed by atoms with E-state index in [1.807, 2.05) is 25.1 Å². The minimum Gasteiger partial charge on any atom is -0.375 e. The van der Waals surface area contributed by atoms with Crippen LogP contribution in [0.4, 0.5) is 11.4 Å². The zero-order valence-electron chi connectivity index (χ0n) is 15.4. The van der Waals surface area contributed by atoms with Gasteiger partial charge in [-0.2, -0.15) is 0 Å². The molecule has 2 aromatic rings. The third-order valence-electron chi connectivity index (χ3n) is 4.63. The van der Waals surface area contributed by atoms with E-state index in [-0.39, 0.29) is 30.0 Å². The first kappa shape index (κ1) is 21.9. The van der Waals surface area contributed by atoms with Gasteiger partial charge in [-0.1, -0.05) is 29.8 Å². The number of nitrogens with one attached hydrogen (secondary N) is 2. The van der Waals surface area contributed by atoms with Gasteiger partial charge in [-0.15, -0.1) is 12.4 Å². The Morgan fingerprint density at radius 3 is 2.79 bits per heavy atom. The fourth-order valence-corrected chi connectivity index (χ4v) is 3.31. The molecular weight excluding hydrogens is 403 g/mol. The van der Waals surface area contributed by atoms with Gasteiger partial charge >= 0.3 is 0 Å². The summed E-state index contributed by atoms with van der Waals surface area (Å²) in [6, 6.07) is 11.9. The van der Waals surface area contributed by atoms with E-state index in [9.17, 15) is 14.9 Å². The number of halogens is 2. The van der Waals surface area contributed by atoms with Gasteiger partial charge in [-0.25, -0.2) is 0 Å². The number of piperazine rings is 1. The Hall–Kier alpha value is -2.35. The Kier molecular flexibility index (Phi) is 7.62. The monoisotopic (exact) mass is 424 g/mol. The summed E-state index contributed by atoms with van der Waals surface area (Å²) in [7, 11) is 0. The van der Waals surface area contributed by atoms with Gasteiger partial charge in [0.25, 0.3) is 11.6 Å². The van der Waals surface area contributed by atoms with Crippen molar-refractivity contribution in [2.45, 2.75) is 19.5 Å². The Labute approximate surface area is 174 Å². The van der Waals surface area contributed by atoms with Crippen molar-refractivity contribution in [1.82, 2.24) is 10.2 Å². The molecule has 1 heterocycles. The van der Waals surface area contributed by atoms with Crippen molar-refractivity contribution in [3.8, 4) is 0 Å². The molecule has 2 aromatic carbocycles. The van der Waals surface area contributed by atoms with Crippen LogP contribution in [0.25, 0.3) is 0 Å². The van der Waals surface area contributed by atoms with Crippen molar-refractivity contribution >= 4 is 41.3 Å². The highest BCUT2D eigenvalue weighted by atomic mass is 35.5. The molecule has 0 bridgehead atoms. The minimum atomic E-state index is -0.479. The van der Waals surface area contributed by atoms with Crippen LogP contribution in [-0.4, -0.2) is 41.4 Å². The number of benzene rings is 2. The molecule has 0 spiro atoms. The van der Waals surface area contributed by atoms with Crippen LogP contribution in [0.2, 0.25) is 5.02 Å². The van der Waals surface area contributed by atoms with Gasteiger partial charge < -0.3 is 15.5 Å². The van der Waals surface area contributed by atoms with E-state index in [1.54, 1.807) is 23.1 Å². The summed E-state index contributed by atoms with van der Waals surface area (Å²) in [6.45, 7) is 4.32. The maximum absolute atomic E-state index is 12.8. The van der Waals surface area contributed by atoms with Gasteiger partial charge in [-0.05, 0) is 30.7 Å². The highest BCUT2D eigenvalue weighted by molar-refractivity contribution is 6.31. The van der Waals surface area contributed by atoms with Crippen molar-refractivity contribution in [2.24, 2.45) is 0 Å². The van der Waals surface area contributed by atoms with Crippen molar-refractivity contribution in [3.63, 3.8) is 0 Å². The maximum Gasteiger partial charge on any atom is 0.293 e. The molecule has 1 aliphatic heterocycles. The van der Waals surface area contributed by atoms with Crippen LogP contribution in [0.1, 0.15) is 22.8 Å². The van der Waals surface area contributed by atoms with E-state index < -0.39 is 4.92 Å². The molecule has 0 radical (unpaired) electrons. The van der Waals surface area contributed by atoms with Crippen LogP contribution < -0.4 is 10.6 Å². The first-order valence-electron chi connectivity index (χ1n) is 8.75. The van der Waals surface area contributed by atoms with E-state index in [1.165, 1.54) is 6.07 Å². The summed E-state index contributed by atoms with van der Waals surface area (Å²) in [6.07, 6.45) is 0. The third kappa shape index (κ3) is 4.92. The molecular formula is C19H22Cl2N4O3. The molecule has 0 aliphatic carbocycles. The number of hydrogen-bond acceptors (Lipinski definition) is 5. The second kappa shape index (κ2) is 9.73. The number of carbonyl (C=O) groups is 1. The Balaban J connectivity index is 0.00000280. The Morgan fingerprint density at radius 1 is 1.36 bits per heavy atom. The van der Waals surface area contributed by atoms with E-state index in [0.717, 1.165) is 12.1 Å². The number of hydrogen-bond donors (Lipinski definition) is 2. The van der Waals surface area contributed by atoms with E-state index in [2.05, 4.69) is 10.6 Å². The lowest BCUT2D eigenvalue weighted by atomic mass is 10.1. The second-order valence-corrected chi connectivity index (χ2v) is 6.89. The van der Waals surface area contributed by atoms with Crippen molar-refractivity contribution in [3.05, 3.63) is 68.7 Å². The predicted octanol–water partition coefficient (Wildman–Crippen LogP) is 3.72. The second-order valence-electron chi connectivity index (χ2n) is 6.49. The lowest BCUT2D eigenvalue weighted by Gasteiger charge is -2.34. The summed E-state index contributed by atoms with van der Waals surface area (Å²) in [5.41, 5.74) is 1.38. The van der Waals surface area contributed by atoms with E-state index in [0.29, 0.717) is 35.9 Å². The van der Waals surface area contributed by atoms with Gasteiger partial charge in [0.05, 0.1) is 4.92 Å². The number of anilines is 1. The number of amides is 1. The summed E-state index contributed by atoms with van der Waals surface area (Å²) >= 11 is 6.13. The minimum absolute atomic E-state index is 0. The summed E-state index contributed by atoms with van der Waals surface area (Å²) in [5, 5.41) is 18.4. The number of nitro groups is 1. The molecule has 0 unspecified atom stereocenters. The predicted molar refractivity (Wildman–Crippen MR) is 112 cm³/mol. The average Bonchev–Trinajstić information content (AvgIpc) is 2.67. The molecule has 1 fully saturated rings. The average molecular weight is 425 g/mol. The van der Waals surface area contributed by atoms with Gasteiger partial charge in [-0.3, -0.25) is 14.9 Å². The quantitative estimate of drug-likeness (QED) is 0.563. The molecule has 7 nitrogen and oxygen atoms in total.